The second-order valence-corrected chi connectivity index (χ2v) is 9.29. The lowest BCUT2D eigenvalue weighted by Gasteiger charge is -2.30. The fourth-order valence-electron chi connectivity index (χ4n) is 4.21. The molecule has 1 aliphatic heterocycles. The standard InChI is InChI=1S/C26H28N4O11/c1-3-40-25(34)26(2,35)24(33)27-18(14-16-8-5-4-6-9-16)22(31)28-13-7-10-19(28)23(32)41-21-12-11-17(29(36)37)15-20(21)30(38)39/h4-6,8-9,11-12,15,18-19,35H,3,7,10,13-14H2,1-2H3,(H,27,33)/t18-,19-,26+/m0/s1. The van der Waals surface area contributed by atoms with E-state index in [4.69, 9.17) is 9.47 Å². The Morgan fingerprint density at radius 2 is 1.80 bits per heavy atom. The third kappa shape index (κ3) is 7.19. The number of rotatable bonds is 11. The maximum Gasteiger partial charge on any atom is 0.347 e. The Kier molecular flexibility index (Phi) is 9.67. The van der Waals surface area contributed by atoms with Gasteiger partial charge in [-0.25, -0.2) is 9.59 Å². The molecule has 1 fully saturated rings. The highest BCUT2D eigenvalue weighted by molar-refractivity contribution is 6.06. The molecule has 2 N–H and O–H groups in total. The van der Waals surface area contributed by atoms with E-state index in [0.717, 1.165) is 24.0 Å². The molecular weight excluding hydrogens is 544 g/mol. The van der Waals surface area contributed by atoms with Crippen LogP contribution in [0.5, 0.6) is 5.75 Å². The van der Waals surface area contributed by atoms with Crippen LogP contribution in [-0.2, 0) is 30.3 Å². The van der Waals surface area contributed by atoms with E-state index in [1.165, 1.54) is 6.92 Å². The van der Waals surface area contributed by atoms with Crippen LogP contribution in [0.1, 0.15) is 32.3 Å². The third-order valence-electron chi connectivity index (χ3n) is 6.37. The highest BCUT2D eigenvalue weighted by Crippen LogP contribution is 2.32. The molecule has 3 rings (SSSR count). The minimum Gasteiger partial charge on any atom is -0.463 e. The van der Waals surface area contributed by atoms with E-state index < -0.39 is 68.4 Å². The van der Waals surface area contributed by atoms with Crippen LogP contribution in [0, 0.1) is 20.2 Å². The Balaban J connectivity index is 1.86. The second kappa shape index (κ2) is 13.0. The first-order chi connectivity index (χ1) is 19.4. The van der Waals surface area contributed by atoms with E-state index in [1.807, 2.05) is 0 Å². The van der Waals surface area contributed by atoms with Crippen LogP contribution in [0.2, 0.25) is 0 Å². The van der Waals surface area contributed by atoms with E-state index in [0.29, 0.717) is 18.1 Å². The van der Waals surface area contributed by atoms with Gasteiger partial charge >= 0.3 is 17.6 Å². The molecule has 15 nitrogen and oxygen atoms in total. The first-order valence-corrected chi connectivity index (χ1v) is 12.6. The monoisotopic (exact) mass is 572 g/mol. The summed E-state index contributed by atoms with van der Waals surface area (Å²) in [5.74, 6) is -4.68. The Morgan fingerprint density at radius 1 is 1.12 bits per heavy atom. The quantitative estimate of drug-likeness (QED) is 0.129. The number of ether oxygens (including phenoxy) is 2. The summed E-state index contributed by atoms with van der Waals surface area (Å²) in [7, 11) is 0. The summed E-state index contributed by atoms with van der Waals surface area (Å²) in [6.45, 7) is 2.40. The van der Waals surface area contributed by atoms with Gasteiger partial charge in [0.25, 0.3) is 11.6 Å². The van der Waals surface area contributed by atoms with Gasteiger partial charge in [0, 0.05) is 19.0 Å². The van der Waals surface area contributed by atoms with Crippen molar-refractivity contribution >= 4 is 35.1 Å². The van der Waals surface area contributed by atoms with Gasteiger partial charge in [0.2, 0.25) is 17.3 Å². The molecule has 0 bridgehead atoms. The predicted molar refractivity (Wildman–Crippen MR) is 139 cm³/mol. The van der Waals surface area contributed by atoms with Crippen molar-refractivity contribution in [3.05, 3.63) is 74.3 Å². The summed E-state index contributed by atoms with van der Waals surface area (Å²) in [5.41, 5.74) is -3.36. The first-order valence-electron chi connectivity index (χ1n) is 12.6. The van der Waals surface area contributed by atoms with E-state index in [2.05, 4.69) is 5.32 Å². The fourth-order valence-corrected chi connectivity index (χ4v) is 4.21. The van der Waals surface area contributed by atoms with Crippen LogP contribution in [0.15, 0.2) is 48.5 Å². The predicted octanol–water partition coefficient (Wildman–Crippen LogP) is 1.44. The van der Waals surface area contributed by atoms with E-state index in [-0.39, 0.29) is 26.0 Å². The summed E-state index contributed by atoms with van der Waals surface area (Å²) >= 11 is 0. The number of carbonyl (C=O) groups is 4. The number of non-ortho nitro benzene ring substituents is 1. The summed E-state index contributed by atoms with van der Waals surface area (Å²) in [6, 6.07) is 8.54. The number of nitro benzene ring substituents is 2. The molecule has 2 aromatic rings. The number of benzene rings is 2. The van der Waals surface area contributed by atoms with E-state index >= 15 is 0 Å². The van der Waals surface area contributed by atoms with Crippen molar-refractivity contribution in [1.82, 2.24) is 10.2 Å². The van der Waals surface area contributed by atoms with Gasteiger partial charge in [-0.15, -0.1) is 0 Å². The molecule has 0 radical (unpaired) electrons. The van der Waals surface area contributed by atoms with Gasteiger partial charge in [-0.1, -0.05) is 30.3 Å². The number of hydrogen-bond donors (Lipinski definition) is 2. The Bertz CT molecular complexity index is 1350. The number of amides is 2. The lowest BCUT2D eigenvalue weighted by Crippen LogP contribution is -2.59. The fraction of sp³-hybridized carbons (Fsp3) is 0.385. The van der Waals surface area contributed by atoms with Crippen molar-refractivity contribution in [2.45, 2.75) is 50.8 Å². The number of nitrogens with zero attached hydrogens (tertiary/aromatic N) is 3. The zero-order chi connectivity index (χ0) is 30.3. The molecule has 0 aliphatic carbocycles. The highest BCUT2D eigenvalue weighted by atomic mass is 16.6. The van der Waals surface area contributed by atoms with Gasteiger partial charge in [-0.2, -0.15) is 0 Å². The van der Waals surface area contributed by atoms with E-state index in [1.54, 1.807) is 30.3 Å². The Hall–Kier alpha value is -4.92. The lowest BCUT2D eigenvalue weighted by molar-refractivity contribution is -0.394. The molecule has 41 heavy (non-hydrogen) atoms. The topological polar surface area (TPSA) is 209 Å². The number of carbonyl (C=O) groups excluding carboxylic acids is 4. The molecular formula is C26H28N4O11. The summed E-state index contributed by atoms with van der Waals surface area (Å²) in [4.78, 5) is 73.6. The number of nitro groups is 2. The van der Waals surface area contributed by atoms with Crippen molar-refractivity contribution in [3.8, 4) is 5.75 Å². The van der Waals surface area contributed by atoms with Gasteiger partial charge in [-0.3, -0.25) is 29.8 Å². The van der Waals surface area contributed by atoms with Gasteiger partial charge in [-0.05, 0) is 38.3 Å². The van der Waals surface area contributed by atoms with E-state index in [9.17, 15) is 44.5 Å². The second-order valence-electron chi connectivity index (χ2n) is 9.29. The summed E-state index contributed by atoms with van der Waals surface area (Å²) in [6.07, 6.45) is 0.439. The molecule has 0 spiro atoms. The number of hydrogen-bond acceptors (Lipinski definition) is 11. The molecule has 1 aliphatic rings. The van der Waals surface area contributed by atoms with Crippen molar-refractivity contribution in [3.63, 3.8) is 0 Å². The average molecular weight is 573 g/mol. The summed E-state index contributed by atoms with van der Waals surface area (Å²) < 4.78 is 9.96. The maximum absolute atomic E-state index is 13.7. The third-order valence-corrected chi connectivity index (χ3v) is 6.37. The SMILES string of the molecule is CCOC(=O)[C@](C)(O)C(=O)N[C@@H](Cc1ccccc1)C(=O)N1CCC[C@H]1C(=O)Oc1ccc([N+](=O)[O-])cc1[N+](=O)[O-]. The van der Waals surface area contributed by atoms with Crippen molar-refractivity contribution in [1.29, 1.82) is 0 Å². The van der Waals surface area contributed by atoms with Gasteiger partial charge in [0.05, 0.1) is 22.5 Å². The molecule has 2 aromatic carbocycles. The van der Waals surface area contributed by atoms with Crippen LogP contribution in [0.4, 0.5) is 11.4 Å². The normalized spacial score (nSPS) is 16.7. The number of aliphatic hydroxyl groups is 1. The lowest BCUT2D eigenvalue weighted by atomic mass is 10.0. The zero-order valence-electron chi connectivity index (χ0n) is 22.2. The smallest absolute Gasteiger partial charge is 0.347 e. The van der Waals surface area contributed by atoms with Crippen molar-refractivity contribution < 1.29 is 43.6 Å². The average Bonchev–Trinajstić information content (AvgIpc) is 3.43. The highest BCUT2D eigenvalue weighted by Gasteiger charge is 2.44. The minimum atomic E-state index is -2.61. The Labute approximate surface area is 233 Å². The van der Waals surface area contributed by atoms with Gasteiger partial charge < -0.3 is 24.8 Å². The van der Waals surface area contributed by atoms with Crippen LogP contribution >= 0.6 is 0 Å². The minimum absolute atomic E-state index is 0.0591. The largest absolute Gasteiger partial charge is 0.463 e. The molecule has 0 unspecified atom stereocenters. The van der Waals surface area contributed by atoms with Crippen LogP contribution < -0.4 is 10.1 Å². The number of likely N-dealkylation sites (tertiary alicyclic amines) is 1. The van der Waals surface area contributed by atoms with Gasteiger partial charge in [0.1, 0.15) is 12.1 Å². The molecule has 218 valence electrons. The molecule has 15 heteroatoms. The zero-order valence-corrected chi connectivity index (χ0v) is 22.2. The molecule has 1 heterocycles. The molecule has 0 saturated carbocycles. The van der Waals surface area contributed by atoms with Crippen molar-refractivity contribution in [2.75, 3.05) is 13.2 Å². The number of nitrogens with one attached hydrogen (secondary N) is 1. The van der Waals surface area contributed by atoms with Gasteiger partial charge in [0.15, 0.2) is 0 Å². The van der Waals surface area contributed by atoms with Crippen LogP contribution in [0.3, 0.4) is 0 Å². The van der Waals surface area contributed by atoms with Crippen LogP contribution in [0.25, 0.3) is 0 Å². The molecule has 3 atom stereocenters. The molecule has 2 amide bonds. The first kappa shape index (κ1) is 30.6. The maximum atomic E-state index is 13.7. The van der Waals surface area contributed by atoms with Crippen molar-refractivity contribution in [2.24, 2.45) is 0 Å². The molecule has 0 aromatic heterocycles. The Morgan fingerprint density at radius 3 is 2.41 bits per heavy atom. The molecule has 1 saturated heterocycles. The van der Waals surface area contributed by atoms with Crippen LogP contribution in [-0.4, -0.2) is 74.4 Å². The number of esters is 2. The summed E-state index contributed by atoms with van der Waals surface area (Å²) in [5, 5.41) is 35.3.